The molecule has 4 aromatic rings. The molecule has 8 nitrogen and oxygen atoms in total. The van der Waals surface area contributed by atoms with E-state index in [9.17, 15) is 18.4 Å². The Hall–Kier alpha value is -3.60. The Morgan fingerprint density at radius 1 is 1.20 bits per heavy atom. The van der Waals surface area contributed by atoms with Crippen molar-refractivity contribution in [3.05, 3.63) is 34.4 Å². The molecule has 1 spiro atoms. The van der Waals surface area contributed by atoms with Crippen LogP contribution in [0.15, 0.2) is 12.1 Å². The van der Waals surface area contributed by atoms with Crippen LogP contribution in [0.2, 0.25) is 5.02 Å². The molecule has 3 aliphatic heterocycles. The molecule has 45 heavy (non-hydrogen) atoms. The molecular weight excluding hydrogens is 632 g/mol. The number of thiophene rings is 1. The number of nitrogens with zero attached hydrogens (tertiary/aromatic N) is 5. The molecule has 3 fully saturated rings. The first kappa shape index (κ1) is 28.8. The van der Waals surface area contributed by atoms with Gasteiger partial charge in [-0.3, -0.25) is 4.90 Å². The van der Waals surface area contributed by atoms with Crippen LogP contribution in [0.25, 0.3) is 32.1 Å². The third-order valence-corrected chi connectivity index (χ3v) is 11.5. The molecule has 4 aliphatic rings. The molecule has 0 bridgehead atoms. The van der Waals surface area contributed by atoms with Gasteiger partial charge in [0.05, 0.1) is 31.8 Å². The van der Waals surface area contributed by atoms with Gasteiger partial charge in [-0.1, -0.05) is 17.7 Å². The summed E-state index contributed by atoms with van der Waals surface area (Å²) in [5, 5.41) is 10.1. The zero-order chi connectivity index (χ0) is 31.4. The summed E-state index contributed by atoms with van der Waals surface area (Å²) in [5.74, 6) is -1.12. The van der Waals surface area contributed by atoms with E-state index in [0.29, 0.717) is 13.0 Å². The van der Waals surface area contributed by atoms with Gasteiger partial charge < -0.3 is 20.1 Å². The highest BCUT2D eigenvalue weighted by Crippen LogP contribution is 2.54. The molecule has 0 amide bonds. The highest BCUT2D eigenvalue weighted by Gasteiger charge is 2.52. The van der Waals surface area contributed by atoms with Crippen LogP contribution < -0.4 is 20.1 Å². The summed E-state index contributed by atoms with van der Waals surface area (Å²) in [5.41, 5.74) is 4.61. The predicted molar refractivity (Wildman–Crippen MR) is 164 cm³/mol. The fourth-order valence-electron chi connectivity index (χ4n) is 7.75. The van der Waals surface area contributed by atoms with E-state index < -0.39 is 35.1 Å². The normalized spacial score (nSPS) is 27.4. The zero-order valence-corrected chi connectivity index (χ0v) is 25.7. The molecule has 8 rings (SSSR count). The van der Waals surface area contributed by atoms with Crippen molar-refractivity contribution in [2.24, 2.45) is 0 Å². The number of nitrogen functional groups attached to an aromatic ring is 1. The monoisotopic (exact) mass is 658 g/mol. The lowest BCUT2D eigenvalue weighted by Crippen LogP contribution is -2.60. The Bertz CT molecular complexity index is 1960. The Balaban J connectivity index is 1.34. The summed E-state index contributed by atoms with van der Waals surface area (Å²) in [6.07, 6.45) is 0.321. The molecule has 2 aromatic heterocycles. The van der Waals surface area contributed by atoms with Gasteiger partial charge in [-0.15, -0.1) is 11.3 Å². The van der Waals surface area contributed by atoms with Gasteiger partial charge in [0.1, 0.15) is 53.8 Å². The van der Waals surface area contributed by atoms with Crippen molar-refractivity contribution in [3.63, 3.8) is 0 Å². The smallest absolute Gasteiger partial charge is 0.319 e. The standard InChI is InChI=1S/C31H27ClF4N6O2S/c1-41-28-21-24(39-29(40-28)44-12-30-5-2-6-42(30)11-15(34)9-30)23(36)20(22(32)25(21)43-13-31(41)7-14(33)8-31)16-3-4-18(35)26-19(16)17(10-37)27(38)45-26/h3-4,14-15H,2,5-9,11-13,38H2,1H3/t14?,15-,30+,31?/m1/s1. The SMILES string of the molecule is CN1c2nc(OC[C@@]34CCCN3C[C@H](F)C4)nc3c(F)c(-c4ccc(F)c5sc(N)c(C#N)c45)c(Cl)c(c23)OCC12CC(F)C2. The number of anilines is 2. The second-order valence-corrected chi connectivity index (χ2v) is 14.0. The van der Waals surface area contributed by atoms with Crippen LogP contribution >= 0.6 is 22.9 Å². The van der Waals surface area contributed by atoms with E-state index in [1.807, 2.05) is 6.07 Å². The van der Waals surface area contributed by atoms with E-state index in [1.165, 1.54) is 6.07 Å². The molecule has 5 heterocycles. The Labute approximate surface area is 264 Å². The van der Waals surface area contributed by atoms with E-state index in [-0.39, 0.29) is 91.3 Å². The molecule has 234 valence electrons. The molecule has 2 aromatic carbocycles. The molecule has 0 unspecified atom stereocenters. The topological polar surface area (TPSA) is 101 Å². The minimum absolute atomic E-state index is 0.00416. The van der Waals surface area contributed by atoms with Gasteiger partial charge in [0.2, 0.25) is 0 Å². The summed E-state index contributed by atoms with van der Waals surface area (Å²) in [6, 6.07) is 4.39. The number of aromatic nitrogens is 2. The first-order chi connectivity index (χ1) is 21.6. The van der Waals surface area contributed by atoms with E-state index in [4.69, 9.17) is 26.8 Å². The molecule has 0 radical (unpaired) electrons. The predicted octanol–water partition coefficient (Wildman–Crippen LogP) is 6.55. The zero-order valence-electron chi connectivity index (χ0n) is 24.1. The Morgan fingerprint density at radius 2 is 2.00 bits per heavy atom. The number of alkyl halides is 2. The van der Waals surface area contributed by atoms with E-state index in [1.54, 1.807) is 11.9 Å². The highest BCUT2D eigenvalue weighted by atomic mass is 35.5. The highest BCUT2D eigenvalue weighted by molar-refractivity contribution is 7.23. The van der Waals surface area contributed by atoms with Crippen LogP contribution in [0.5, 0.6) is 11.8 Å². The largest absolute Gasteiger partial charge is 0.489 e. The van der Waals surface area contributed by atoms with Crippen molar-refractivity contribution in [1.82, 2.24) is 14.9 Å². The lowest BCUT2D eigenvalue weighted by atomic mass is 9.74. The van der Waals surface area contributed by atoms with Crippen LogP contribution in [0, 0.1) is 23.0 Å². The minimum atomic E-state index is -1.04. The lowest BCUT2D eigenvalue weighted by Gasteiger charge is -2.49. The first-order valence-electron chi connectivity index (χ1n) is 14.7. The van der Waals surface area contributed by atoms with Crippen LogP contribution in [-0.2, 0) is 0 Å². The van der Waals surface area contributed by atoms with Gasteiger partial charge in [-0.2, -0.15) is 15.2 Å². The summed E-state index contributed by atoms with van der Waals surface area (Å²) >= 11 is 7.84. The van der Waals surface area contributed by atoms with Crippen molar-refractivity contribution >= 4 is 54.7 Å². The van der Waals surface area contributed by atoms with Crippen LogP contribution in [0.4, 0.5) is 28.4 Å². The number of benzene rings is 2. The van der Waals surface area contributed by atoms with Crippen molar-refractivity contribution in [2.75, 3.05) is 44.0 Å². The van der Waals surface area contributed by atoms with Crippen LogP contribution in [0.1, 0.15) is 37.7 Å². The van der Waals surface area contributed by atoms with Gasteiger partial charge in [-0.05, 0) is 31.0 Å². The summed E-state index contributed by atoms with van der Waals surface area (Å²) in [4.78, 5) is 13.1. The number of halogens is 5. The number of ether oxygens (including phenoxy) is 2. The van der Waals surface area contributed by atoms with Gasteiger partial charge in [-0.25, -0.2) is 17.6 Å². The second-order valence-electron chi connectivity index (χ2n) is 12.6. The van der Waals surface area contributed by atoms with Crippen molar-refractivity contribution < 1.29 is 27.0 Å². The fraction of sp³-hybridized carbons (Fsp3) is 0.452. The first-order valence-corrected chi connectivity index (χ1v) is 15.9. The van der Waals surface area contributed by atoms with Crippen LogP contribution in [-0.4, -0.2) is 71.6 Å². The maximum atomic E-state index is 17.0. The lowest BCUT2D eigenvalue weighted by molar-refractivity contribution is 0.0550. The molecular formula is C31H27ClF4N6O2S. The van der Waals surface area contributed by atoms with E-state index in [2.05, 4.69) is 14.9 Å². The minimum Gasteiger partial charge on any atom is -0.489 e. The number of fused-ring (bicyclic) bond motifs is 2. The van der Waals surface area contributed by atoms with E-state index >= 15 is 4.39 Å². The average molecular weight is 659 g/mol. The number of nitriles is 1. The molecule has 2 atom stereocenters. The maximum absolute atomic E-state index is 17.0. The summed E-state index contributed by atoms with van der Waals surface area (Å²) < 4.78 is 73.2. The molecule has 2 saturated heterocycles. The second kappa shape index (κ2) is 9.95. The maximum Gasteiger partial charge on any atom is 0.319 e. The molecule has 1 aliphatic carbocycles. The summed E-state index contributed by atoms with van der Waals surface area (Å²) in [6.45, 7) is 1.26. The van der Waals surface area contributed by atoms with Crippen molar-refractivity contribution in [2.45, 2.75) is 55.5 Å². The average Bonchev–Trinajstić information content (AvgIpc) is 3.61. The number of likely N-dealkylation sites (N-methyl/N-ethyl adjacent to an activating group) is 1. The van der Waals surface area contributed by atoms with E-state index in [0.717, 1.165) is 36.8 Å². The number of rotatable bonds is 4. The van der Waals surface area contributed by atoms with Gasteiger partial charge in [0.25, 0.3) is 0 Å². The number of hydrogen-bond donors (Lipinski definition) is 1. The van der Waals surface area contributed by atoms with Gasteiger partial charge >= 0.3 is 6.01 Å². The third-order valence-electron chi connectivity index (χ3n) is 10.1. The van der Waals surface area contributed by atoms with Crippen LogP contribution in [0.3, 0.4) is 0 Å². The van der Waals surface area contributed by atoms with Gasteiger partial charge in [0.15, 0.2) is 11.6 Å². The molecule has 14 heteroatoms. The summed E-state index contributed by atoms with van der Waals surface area (Å²) in [7, 11) is 1.74. The quantitative estimate of drug-likeness (QED) is 0.247. The number of nitrogens with two attached hydrogens (primary N) is 1. The van der Waals surface area contributed by atoms with Crippen molar-refractivity contribution in [3.8, 4) is 29.0 Å². The Kier molecular flexibility index (Phi) is 6.38. The fourth-order valence-corrected chi connectivity index (χ4v) is 9.04. The Morgan fingerprint density at radius 3 is 2.76 bits per heavy atom. The van der Waals surface area contributed by atoms with Gasteiger partial charge in [0, 0.05) is 43.8 Å². The molecule has 2 N–H and O–H groups in total. The number of hydrogen-bond acceptors (Lipinski definition) is 9. The molecule has 1 saturated carbocycles. The third kappa shape index (κ3) is 4.04. The van der Waals surface area contributed by atoms with Crippen molar-refractivity contribution in [1.29, 1.82) is 5.26 Å².